The van der Waals surface area contributed by atoms with Crippen LogP contribution in [0.15, 0.2) is 24.3 Å². The third-order valence-electron chi connectivity index (χ3n) is 2.98. The highest BCUT2D eigenvalue weighted by Gasteiger charge is 2.21. The average molecular weight is 325 g/mol. The summed E-state index contributed by atoms with van der Waals surface area (Å²) in [6.07, 6.45) is 0. The molecule has 0 aliphatic carbocycles. The van der Waals surface area contributed by atoms with E-state index in [1.54, 1.807) is 0 Å². The number of halogens is 2. The molecule has 0 fully saturated rings. The van der Waals surface area contributed by atoms with Crippen molar-refractivity contribution >= 4 is 23.2 Å². The summed E-state index contributed by atoms with van der Waals surface area (Å²) in [4.78, 5) is 8.82. The first-order valence-corrected chi connectivity index (χ1v) is 7.45. The predicted octanol–water partition coefficient (Wildman–Crippen LogP) is 4.97. The second kappa shape index (κ2) is 6.20. The molecule has 21 heavy (non-hydrogen) atoms. The molecule has 0 radical (unpaired) electrons. The molecule has 0 aliphatic heterocycles. The Morgan fingerprint density at radius 3 is 2.48 bits per heavy atom. The first-order chi connectivity index (χ1) is 9.77. The second-order valence-corrected chi connectivity index (χ2v) is 6.73. The summed E-state index contributed by atoms with van der Waals surface area (Å²) in [6.45, 7) is 8.35. The number of hydrogen-bond acceptors (Lipinski definition) is 3. The number of hydrogen-bond donors (Lipinski definition) is 0. The van der Waals surface area contributed by atoms with Gasteiger partial charge in [0.15, 0.2) is 0 Å². The van der Waals surface area contributed by atoms with Gasteiger partial charge in [-0.15, -0.1) is 0 Å². The van der Waals surface area contributed by atoms with Crippen LogP contribution in [0, 0.1) is 6.92 Å². The largest absolute Gasteiger partial charge is 0.472 e. The zero-order chi connectivity index (χ0) is 15.6. The molecule has 0 saturated heterocycles. The Morgan fingerprint density at radius 1 is 1.14 bits per heavy atom. The van der Waals surface area contributed by atoms with E-state index in [0.717, 1.165) is 11.1 Å². The molecular formula is C16H18Cl2N2O. The third-order valence-corrected chi connectivity index (χ3v) is 3.58. The van der Waals surface area contributed by atoms with Gasteiger partial charge in [-0.2, -0.15) is 4.98 Å². The van der Waals surface area contributed by atoms with Crippen molar-refractivity contribution in [2.75, 3.05) is 0 Å². The van der Waals surface area contributed by atoms with Crippen LogP contribution < -0.4 is 4.74 Å². The van der Waals surface area contributed by atoms with E-state index in [9.17, 15) is 0 Å². The zero-order valence-electron chi connectivity index (χ0n) is 12.6. The zero-order valence-corrected chi connectivity index (χ0v) is 14.1. The van der Waals surface area contributed by atoms with E-state index in [4.69, 9.17) is 27.9 Å². The molecule has 5 heteroatoms. The Kier molecular flexibility index (Phi) is 4.74. The van der Waals surface area contributed by atoms with Crippen LogP contribution in [0.1, 0.15) is 37.7 Å². The molecule has 0 N–H and O–H groups in total. The lowest BCUT2D eigenvalue weighted by Crippen LogP contribution is -2.17. The minimum absolute atomic E-state index is 0.189. The van der Waals surface area contributed by atoms with E-state index in [0.29, 0.717) is 28.5 Å². The van der Waals surface area contributed by atoms with Crippen molar-refractivity contribution in [3.63, 3.8) is 0 Å². The van der Waals surface area contributed by atoms with Crippen LogP contribution >= 0.6 is 23.2 Å². The van der Waals surface area contributed by atoms with Gasteiger partial charge in [-0.3, -0.25) is 0 Å². The smallest absolute Gasteiger partial charge is 0.221 e. The second-order valence-electron chi connectivity index (χ2n) is 5.94. The average Bonchev–Trinajstić information content (AvgIpc) is 2.39. The van der Waals surface area contributed by atoms with Crippen LogP contribution in [0.4, 0.5) is 0 Å². The molecule has 3 nitrogen and oxygen atoms in total. The summed E-state index contributed by atoms with van der Waals surface area (Å²) in [5, 5.41) is 1.11. The standard InChI is InChI=1S/C16H18Cl2N2O/c1-10-13(18)19-15(16(2,3)4)20-14(10)21-9-11-6-5-7-12(17)8-11/h5-8H,9H2,1-4H3. The van der Waals surface area contributed by atoms with Crippen LogP contribution in [0.25, 0.3) is 0 Å². The molecule has 0 atom stereocenters. The van der Waals surface area contributed by atoms with Gasteiger partial charge in [0.1, 0.15) is 17.6 Å². The van der Waals surface area contributed by atoms with Crippen molar-refractivity contribution in [3.8, 4) is 5.88 Å². The summed E-state index contributed by atoms with van der Waals surface area (Å²) in [5.41, 5.74) is 1.53. The Balaban J connectivity index is 2.25. The minimum atomic E-state index is -0.189. The molecular weight excluding hydrogens is 307 g/mol. The summed E-state index contributed by atoms with van der Waals surface area (Å²) in [5.74, 6) is 1.18. The van der Waals surface area contributed by atoms with E-state index >= 15 is 0 Å². The third kappa shape index (κ3) is 4.08. The number of nitrogens with zero attached hydrogens (tertiary/aromatic N) is 2. The lowest BCUT2D eigenvalue weighted by molar-refractivity contribution is 0.287. The van der Waals surface area contributed by atoms with Crippen LogP contribution in [0.2, 0.25) is 10.2 Å². The van der Waals surface area contributed by atoms with E-state index in [2.05, 4.69) is 9.97 Å². The van der Waals surface area contributed by atoms with E-state index < -0.39 is 0 Å². The molecule has 0 aliphatic rings. The van der Waals surface area contributed by atoms with Crippen LogP contribution in [-0.2, 0) is 12.0 Å². The number of benzene rings is 1. The van der Waals surface area contributed by atoms with Gasteiger partial charge in [0, 0.05) is 16.0 Å². The molecule has 112 valence electrons. The van der Waals surface area contributed by atoms with Crippen molar-refractivity contribution in [2.45, 2.75) is 39.7 Å². The topological polar surface area (TPSA) is 35.0 Å². The lowest BCUT2D eigenvalue weighted by Gasteiger charge is -2.19. The fourth-order valence-electron chi connectivity index (χ4n) is 1.72. The lowest BCUT2D eigenvalue weighted by atomic mass is 9.96. The van der Waals surface area contributed by atoms with E-state index in [-0.39, 0.29) is 5.41 Å². The molecule has 1 heterocycles. The first-order valence-electron chi connectivity index (χ1n) is 6.69. The van der Waals surface area contributed by atoms with E-state index in [1.165, 1.54) is 0 Å². The molecule has 2 aromatic rings. The Labute approximate surface area is 135 Å². The summed E-state index contributed by atoms with van der Waals surface area (Å²) >= 11 is 12.1. The number of ether oxygens (including phenoxy) is 1. The van der Waals surface area contributed by atoms with Crippen LogP contribution in [0.5, 0.6) is 5.88 Å². The number of aromatic nitrogens is 2. The predicted molar refractivity (Wildman–Crippen MR) is 86.3 cm³/mol. The van der Waals surface area contributed by atoms with Gasteiger partial charge in [0.05, 0.1) is 0 Å². The SMILES string of the molecule is Cc1c(Cl)nc(C(C)(C)C)nc1OCc1cccc(Cl)c1. The normalized spacial score (nSPS) is 11.5. The Morgan fingerprint density at radius 2 is 1.86 bits per heavy atom. The van der Waals surface area contributed by atoms with Crippen LogP contribution in [-0.4, -0.2) is 9.97 Å². The molecule has 0 spiro atoms. The Bertz CT molecular complexity index is 651. The van der Waals surface area contributed by atoms with Crippen molar-refractivity contribution in [2.24, 2.45) is 0 Å². The van der Waals surface area contributed by atoms with E-state index in [1.807, 2.05) is 52.0 Å². The highest BCUT2D eigenvalue weighted by atomic mass is 35.5. The molecule has 0 bridgehead atoms. The highest BCUT2D eigenvalue weighted by Crippen LogP contribution is 2.28. The fraction of sp³-hybridized carbons (Fsp3) is 0.375. The molecule has 1 aromatic carbocycles. The van der Waals surface area contributed by atoms with Crippen molar-refractivity contribution in [1.29, 1.82) is 0 Å². The number of rotatable bonds is 3. The molecule has 2 rings (SSSR count). The molecule has 1 aromatic heterocycles. The van der Waals surface area contributed by atoms with Gasteiger partial charge in [0.2, 0.25) is 5.88 Å². The van der Waals surface area contributed by atoms with Crippen molar-refractivity contribution in [1.82, 2.24) is 9.97 Å². The summed E-state index contributed by atoms with van der Waals surface area (Å²) in [7, 11) is 0. The first kappa shape index (κ1) is 16.1. The van der Waals surface area contributed by atoms with Gasteiger partial charge < -0.3 is 4.74 Å². The van der Waals surface area contributed by atoms with Crippen molar-refractivity contribution < 1.29 is 4.74 Å². The fourth-order valence-corrected chi connectivity index (χ4v) is 2.10. The highest BCUT2D eigenvalue weighted by molar-refractivity contribution is 6.30. The van der Waals surface area contributed by atoms with Crippen LogP contribution in [0.3, 0.4) is 0 Å². The van der Waals surface area contributed by atoms with Crippen molar-refractivity contribution in [3.05, 3.63) is 51.4 Å². The quantitative estimate of drug-likeness (QED) is 0.748. The molecule has 0 saturated carbocycles. The van der Waals surface area contributed by atoms with Gasteiger partial charge in [-0.05, 0) is 24.6 Å². The molecule has 0 unspecified atom stereocenters. The minimum Gasteiger partial charge on any atom is -0.472 e. The maximum atomic E-state index is 6.18. The monoisotopic (exact) mass is 324 g/mol. The van der Waals surface area contributed by atoms with Gasteiger partial charge in [0.25, 0.3) is 0 Å². The van der Waals surface area contributed by atoms with Gasteiger partial charge >= 0.3 is 0 Å². The maximum absolute atomic E-state index is 6.18. The maximum Gasteiger partial charge on any atom is 0.221 e. The summed E-state index contributed by atoms with van der Waals surface area (Å²) in [6, 6.07) is 7.54. The molecule has 0 amide bonds. The Hall–Kier alpha value is -1.32. The summed E-state index contributed by atoms with van der Waals surface area (Å²) < 4.78 is 5.80. The van der Waals surface area contributed by atoms with Gasteiger partial charge in [-0.25, -0.2) is 4.98 Å². The van der Waals surface area contributed by atoms with Gasteiger partial charge in [-0.1, -0.05) is 56.1 Å².